The highest BCUT2D eigenvalue weighted by Gasteiger charge is 2.25. The van der Waals surface area contributed by atoms with Gasteiger partial charge in [0.1, 0.15) is 5.69 Å². The van der Waals surface area contributed by atoms with Crippen molar-refractivity contribution in [3.63, 3.8) is 0 Å². The number of nitrogen functional groups attached to an aromatic ring is 1. The number of anilines is 1. The Bertz CT molecular complexity index is 1420. The molecule has 4 N–H and O–H groups in total. The second kappa shape index (κ2) is 8.95. The molecule has 0 radical (unpaired) electrons. The van der Waals surface area contributed by atoms with Crippen LogP contribution in [0.4, 0.5) is 11.5 Å². The summed E-state index contributed by atoms with van der Waals surface area (Å²) in [6.07, 6.45) is 1.16. The van der Waals surface area contributed by atoms with E-state index in [1.807, 2.05) is 0 Å². The minimum atomic E-state index is -1.16. The third kappa shape index (κ3) is 4.15. The summed E-state index contributed by atoms with van der Waals surface area (Å²) in [5.41, 5.74) is 8.25. The van der Waals surface area contributed by atoms with Gasteiger partial charge in [0.05, 0.1) is 16.7 Å². The third-order valence-corrected chi connectivity index (χ3v) is 4.49. The molecule has 15 heteroatoms. The van der Waals surface area contributed by atoms with E-state index in [4.69, 9.17) is 5.73 Å². The molecule has 4 aromatic rings. The molecular weight excluding hydrogens is 450 g/mol. The molecule has 0 aliphatic carbocycles. The Morgan fingerprint density at radius 2 is 1.91 bits per heavy atom. The molecule has 1 amide bonds. The van der Waals surface area contributed by atoms with Crippen molar-refractivity contribution in [1.82, 2.24) is 30.7 Å². The summed E-state index contributed by atoms with van der Waals surface area (Å²) in [4.78, 5) is 34.6. The van der Waals surface area contributed by atoms with Crippen molar-refractivity contribution >= 4 is 29.6 Å². The standard InChI is InChI=1S/C19H13N9O6/c20-16-17(25-34-24-16)27-15(10-5-7-12(8-6-10)28(32)33)14(22-26-27)18(29)23-21-9-11-3-1-2-4-13(11)19(30)31/h1-9H,(H2,20,24)(H,23,29)(H,30,31)/b21-9-. The van der Waals surface area contributed by atoms with E-state index in [1.54, 1.807) is 12.1 Å². The number of carbonyl (C=O) groups excluding carboxylic acids is 1. The van der Waals surface area contributed by atoms with E-state index in [1.165, 1.54) is 36.4 Å². The first kappa shape index (κ1) is 21.8. The van der Waals surface area contributed by atoms with Gasteiger partial charge in [-0.3, -0.25) is 14.9 Å². The van der Waals surface area contributed by atoms with E-state index in [-0.39, 0.29) is 39.8 Å². The second-order valence-electron chi connectivity index (χ2n) is 6.57. The number of aromatic nitrogens is 5. The number of nitrogens with zero attached hydrogens (tertiary/aromatic N) is 7. The maximum atomic E-state index is 12.8. The van der Waals surface area contributed by atoms with Crippen molar-refractivity contribution < 1.29 is 24.2 Å². The molecule has 0 atom stereocenters. The first-order chi connectivity index (χ1) is 16.4. The molecule has 2 aromatic carbocycles. The highest BCUT2D eigenvalue weighted by atomic mass is 16.6. The van der Waals surface area contributed by atoms with Gasteiger partial charge in [0.15, 0.2) is 5.69 Å². The lowest BCUT2D eigenvalue weighted by atomic mass is 10.1. The molecule has 0 fully saturated rings. The van der Waals surface area contributed by atoms with Crippen LogP contribution >= 0.6 is 0 Å². The largest absolute Gasteiger partial charge is 0.478 e. The van der Waals surface area contributed by atoms with Gasteiger partial charge in [0, 0.05) is 23.3 Å². The molecule has 0 saturated heterocycles. The quantitative estimate of drug-likeness (QED) is 0.201. The van der Waals surface area contributed by atoms with Crippen LogP contribution < -0.4 is 11.2 Å². The van der Waals surface area contributed by atoms with E-state index in [0.717, 1.165) is 10.9 Å². The maximum Gasteiger partial charge on any atom is 0.336 e. The van der Waals surface area contributed by atoms with Gasteiger partial charge < -0.3 is 10.8 Å². The summed E-state index contributed by atoms with van der Waals surface area (Å²) >= 11 is 0. The Kier molecular flexibility index (Phi) is 5.73. The van der Waals surface area contributed by atoms with Crippen LogP contribution in [-0.4, -0.2) is 53.4 Å². The number of non-ortho nitro benzene ring substituents is 1. The molecule has 4 rings (SSSR count). The molecule has 34 heavy (non-hydrogen) atoms. The number of carbonyl (C=O) groups is 2. The predicted molar refractivity (Wildman–Crippen MR) is 114 cm³/mol. The zero-order valence-electron chi connectivity index (χ0n) is 16.9. The number of aromatic carboxylic acids is 1. The van der Waals surface area contributed by atoms with Gasteiger partial charge in [-0.2, -0.15) is 9.78 Å². The molecule has 0 bridgehead atoms. The van der Waals surface area contributed by atoms with Crippen LogP contribution in [0.2, 0.25) is 0 Å². The summed E-state index contributed by atoms with van der Waals surface area (Å²) < 4.78 is 5.67. The lowest BCUT2D eigenvalue weighted by Gasteiger charge is -2.06. The predicted octanol–water partition coefficient (Wildman–Crippen LogP) is 1.27. The van der Waals surface area contributed by atoms with Gasteiger partial charge in [-0.25, -0.2) is 14.8 Å². The van der Waals surface area contributed by atoms with Crippen LogP contribution in [0.5, 0.6) is 0 Å². The van der Waals surface area contributed by atoms with Crippen LogP contribution in [0.25, 0.3) is 17.1 Å². The topological polar surface area (TPSA) is 218 Å². The van der Waals surface area contributed by atoms with Crippen LogP contribution in [0.1, 0.15) is 26.4 Å². The minimum absolute atomic E-state index is 0.00739. The minimum Gasteiger partial charge on any atom is -0.478 e. The zero-order valence-corrected chi connectivity index (χ0v) is 16.9. The number of carboxylic acids is 1. The number of nitro groups is 1. The summed E-state index contributed by atoms with van der Waals surface area (Å²) in [6.45, 7) is 0. The SMILES string of the molecule is Nc1nonc1-n1nnc(C(=O)N/N=C\c2ccccc2C(=O)O)c1-c1ccc([N+](=O)[O-])cc1. The van der Waals surface area contributed by atoms with Crippen LogP contribution in [-0.2, 0) is 0 Å². The van der Waals surface area contributed by atoms with Gasteiger partial charge in [-0.05, 0) is 28.5 Å². The number of nitrogens with two attached hydrogens (primary N) is 1. The fourth-order valence-corrected chi connectivity index (χ4v) is 2.94. The third-order valence-electron chi connectivity index (χ3n) is 4.49. The van der Waals surface area contributed by atoms with Crippen LogP contribution in [0.15, 0.2) is 58.3 Å². The van der Waals surface area contributed by atoms with Gasteiger partial charge >= 0.3 is 5.97 Å². The highest BCUT2D eigenvalue weighted by Crippen LogP contribution is 2.28. The molecule has 2 heterocycles. The molecule has 0 aliphatic heterocycles. The van der Waals surface area contributed by atoms with E-state index in [2.05, 4.69) is 35.8 Å². The molecule has 0 spiro atoms. The molecule has 0 unspecified atom stereocenters. The monoisotopic (exact) mass is 463 g/mol. The van der Waals surface area contributed by atoms with Gasteiger partial charge in [-0.15, -0.1) is 5.10 Å². The number of hydrogen-bond acceptors (Lipinski definition) is 11. The lowest BCUT2D eigenvalue weighted by molar-refractivity contribution is -0.384. The van der Waals surface area contributed by atoms with Crippen LogP contribution in [0, 0.1) is 10.1 Å². The molecular formula is C19H13N9O6. The fraction of sp³-hybridized carbons (Fsp3) is 0. The van der Waals surface area contributed by atoms with Crippen molar-refractivity contribution in [3.8, 4) is 17.1 Å². The summed E-state index contributed by atoms with van der Waals surface area (Å²) in [7, 11) is 0. The summed E-state index contributed by atoms with van der Waals surface area (Å²) in [5.74, 6) is -2.16. The fourth-order valence-electron chi connectivity index (χ4n) is 2.94. The number of nitrogens with one attached hydrogen (secondary N) is 1. The van der Waals surface area contributed by atoms with Gasteiger partial charge in [-0.1, -0.05) is 23.4 Å². The number of benzene rings is 2. The maximum absolute atomic E-state index is 12.8. The summed E-state index contributed by atoms with van der Waals surface area (Å²) in [5, 5.41) is 38.9. The van der Waals surface area contributed by atoms with E-state index < -0.39 is 16.8 Å². The average molecular weight is 463 g/mol. The van der Waals surface area contributed by atoms with E-state index >= 15 is 0 Å². The first-order valence-electron chi connectivity index (χ1n) is 9.31. The number of hydrazone groups is 1. The molecule has 2 aromatic heterocycles. The smallest absolute Gasteiger partial charge is 0.336 e. The lowest BCUT2D eigenvalue weighted by Crippen LogP contribution is -2.19. The van der Waals surface area contributed by atoms with E-state index in [0.29, 0.717) is 5.56 Å². The number of carboxylic acid groups (broad SMARTS) is 1. The summed E-state index contributed by atoms with van der Waals surface area (Å²) in [6, 6.07) is 11.3. The molecule has 0 aliphatic rings. The Morgan fingerprint density at radius 1 is 1.18 bits per heavy atom. The van der Waals surface area contributed by atoms with Gasteiger partial charge in [0.25, 0.3) is 11.6 Å². The number of nitro benzene ring substituents is 1. The van der Waals surface area contributed by atoms with Crippen molar-refractivity contribution in [2.45, 2.75) is 0 Å². The highest BCUT2D eigenvalue weighted by molar-refractivity contribution is 6.00. The first-order valence-corrected chi connectivity index (χ1v) is 9.31. The number of rotatable bonds is 7. The average Bonchev–Trinajstić information content (AvgIpc) is 3.45. The Labute approximate surface area is 188 Å². The van der Waals surface area contributed by atoms with Gasteiger partial charge in [0.2, 0.25) is 11.6 Å². The van der Waals surface area contributed by atoms with Crippen molar-refractivity contribution in [2.75, 3.05) is 5.73 Å². The van der Waals surface area contributed by atoms with E-state index in [9.17, 15) is 24.8 Å². The molecule has 0 saturated carbocycles. The normalized spacial score (nSPS) is 10.9. The number of hydrogen-bond donors (Lipinski definition) is 3. The van der Waals surface area contributed by atoms with Crippen LogP contribution in [0.3, 0.4) is 0 Å². The zero-order chi connectivity index (χ0) is 24.2. The Hall–Kier alpha value is -5.47. The molecule has 170 valence electrons. The molecule has 15 nitrogen and oxygen atoms in total. The van der Waals surface area contributed by atoms with Crippen molar-refractivity contribution in [1.29, 1.82) is 0 Å². The van der Waals surface area contributed by atoms with Crippen molar-refractivity contribution in [2.24, 2.45) is 5.10 Å². The Balaban J connectivity index is 1.70. The Morgan fingerprint density at radius 3 is 2.56 bits per heavy atom. The van der Waals surface area contributed by atoms with Crippen molar-refractivity contribution in [3.05, 3.63) is 75.5 Å². The number of amides is 1. The second-order valence-corrected chi connectivity index (χ2v) is 6.57.